The summed E-state index contributed by atoms with van der Waals surface area (Å²) < 4.78 is 51.7. The number of piperazine rings is 1. The minimum Gasteiger partial charge on any atom is -0.335 e. The monoisotopic (exact) mass is 402 g/mol. The van der Waals surface area contributed by atoms with Crippen LogP contribution in [-0.4, -0.2) is 37.0 Å². The van der Waals surface area contributed by atoms with Gasteiger partial charge in [-0.3, -0.25) is 9.69 Å². The van der Waals surface area contributed by atoms with E-state index in [0.29, 0.717) is 32.0 Å². The molecule has 2 aromatic rings. The average molecular weight is 403 g/mol. The molecule has 3 rings (SSSR count). The Morgan fingerprint density at radius 2 is 1.81 bits per heavy atom. The summed E-state index contributed by atoms with van der Waals surface area (Å²) in [6.45, 7) is 1.69. The van der Waals surface area contributed by atoms with Gasteiger partial charge in [-0.05, 0) is 18.2 Å². The van der Waals surface area contributed by atoms with Crippen LogP contribution in [0.3, 0.4) is 0 Å². The predicted molar refractivity (Wildman–Crippen MR) is 91.9 cm³/mol. The van der Waals surface area contributed by atoms with Gasteiger partial charge < -0.3 is 4.90 Å². The van der Waals surface area contributed by atoms with Gasteiger partial charge in [0.25, 0.3) is 5.82 Å². The Labute approximate surface area is 158 Å². The number of anilines is 1. The lowest BCUT2D eigenvalue weighted by Crippen LogP contribution is -2.50. The molecule has 1 aromatic carbocycles. The maximum atomic E-state index is 13.8. The number of amides is 1. The number of rotatable bonds is 3. The Hall–Kier alpha value is -2.35. The minimum absolute atomic E-state index is 0.127. The number of nitrogens with one attached hydrogen (secondary N) is 1. The van der Waals surface area contributed by atoms with Crippen LogP contribution in [0.25, 0.3) is 0 Å². The molecule has 0 bridgehead atoms. The Kier molecular flexibility index (Phi) is 5.55. The molecule has 0 aliphatic carbocycles. The first-order chi connectivity index (χ1) is 12.8. The normalized spacial score (nSPS) is 15.1. The largest absolute Gasteiger partial charge is 0.419 e. The van der Waals surface area contributed by atoms with Crippen LogP contribution in [-0.2, 0) is 17.4 Å². The van der Waals surface area contributed by atoms with Crippen molar-refractivity contribution in [2.45, 2.75) is 12.6 Å². The molecule has 1 aliphatic heterocycles. The van der Waals surface area contributed by atoms with E-state index in [1.54, 1.807) is 4.90 Å². The standard InChI is InChI=1S/C18H16ClF4N3O/c19-14-2-1-3-15(20)13(14)10-17(27)26-8-6-25(7-9-26)16-5-4-12(11-24-16)18(21,22)23/h1-5,11H,6-10H2/p+1. The number of aromatic amines is 1. The number of benzene rings is 1. The highest BCUT2D eigenvalue weighted by Crippen LogP contribution is 2.28. The van der Waals surface area contributed by atoms with Crippen LogP contribution in [0.5, 0.6) is 0 Å². The Morgan fingerprint density at radius 3 is 2.37 bits per heavy atom. The van der Waals surface area contributed by atoms with Crippen molar-refractivity contribution in [2.75, 3.05) is 31.1 Å². The van der Waals surface area contributed by atoms with Crippen molar-refractivity contribution in [2.24, 2.45) is 0 Å². The van der Waals surface area contributed by atoms with Crippen LogP contribution in [0.1, 0.15) is 11.1 Å². The van der Waals surface area contributed by atoms with E-state index in [1.165, 1.54) is 24.3 Å². The number of halogens is 5. The zero-order chi connectivity index (χ0) is 19.6. The summed E-state index contributed by atoms with van der Waals surface area (Å²) >= 11 is 5.96. The molecule has 2 heterocycles. The van der Waals surface area contributed by atoms with Crippen LogP contribution in [0, 0.1) is 5.82 Å². The van der Waals surface area contributed by atoms with Gasteiger partial charge >= 0.3 is 6.18 Å². The Bertz CT molecular complexity index is 798. The molecule has 0 unspecified atom stereocenters. The minimum atomic E-state index is -4.39. The summed E-state index contributed by atoms with van der Waals surface area (Å²) in [5.41, 5.74) is -0.579. The third-order valence-corrected chi connectivity index (χ3v) is 4.84. The van der Waals surface area contributed by atoms with Gasteiger partial charge in [0.05, 0.1) is 25.1 Å². The first kappa shape index (κ1) is 19.4. The number of hydrogen-bond donors (Lipinski definition) is 0. The molecule has 9 heteroatoms. The van der Waals surface area contributed by atoms with Gasteiger partial charge in [-0.15, -0.1) is 0 Å². The van der Waals surface area contributed by atoms with E-state index in [2.05, 4.69) is 4.98 Å². The van der Waals surface area contributed by atoms with Crippen molar-refractivity contribution in [1.29, 1.82) is 0 Å². The third kappa shape index (κ3) is 4.50. The molecule has 1 N–H and O–H groups in total. The summed E-state index contributed by atoms with van der Waals surface area (Å²) in [5.74, 6) is -0.209. The number of hydrogen-bond acceptors (Lipinski definition) is 2. The van der Waals surface area contributed by atoms with Crippen molar-refractivity contribution in [3.8, 4) is 0 Å². The van der Waals surface area contributed by atoms with E-state index in [4.69, 9.17) is 11.6 Å². The lowest BCUT2D eigenvalue weighted by atomic mass is 10.1. The molecule has 144 valence electrons. The highest BCUT2D eigenvalue weighted by Gasteiger charge is 2.33. The number of aromatic nitrogens is 1. The number of alkyl halides is 3. The zero-order valence-electron chi connectivity index (χ0n) is 14.2. The lowest BCUT2D eigenvalue weighted by molar-refractivity contribution is -0.367. The van der Waals surface area contributed by atoms with Crippen LogP contribution >= 0.6 is 11.6 Å². The molecule has 0 atom stereocenters. The molecule has 0 spiro atoms. The number of carbonyl (C=O) groups excluding carboxylic acids is 1. The molecular formula is C18H17ClF4N3O+. The molecule has 1 amide bonds. The maximum absolute atomic E-state index is 13.8. The van der Waals surface area contributed by atoms with Gasteiger partial charge in [-0.2, -0.15) is 13.2 Å². The van der Waals surface area contributed by atoms with Gasteiger partial charge in [0, 0.05) is 16.7 Å². The van der Waals surface area contributed by atoms with Crippen LogP contribution < -0.4 is 9.88 Å². The molecule has 1 saturated heterocycles. The summed E-state index contributed by atoms with van der Waals surface area (Å²) in [6.07, 6.45) is -3.60. The number of nitrogens with zero attached hydrogens (tertiary/aromatic N) is 2. The fraction of sp³-hybridized carbons (Fsp3) is 0.333. The summed E-state index contributed by atoms with van der Waals surface area (Å²) in [4.78, 5) is 18.5. The van der Waals surface area contributed by atoms with Crippen LogP contribution in [0.15, 0.2) is 36.5 Å². The molecule has 4 nitrogen and oxygen atoms in total. The SMILES string of the molecule is O=C(Cc1c(F)cccc1Cl)N1CCN(c2ccc(C(F)(F)F)c[nH+]2)CC1. The zero-order valence-corrected chi connectivity index (χ0v) is 14.9. The van der Waals surface area contributed by atoms with E-state index in [0.717, 1.165) is 12.3 Å². The number of H-pyrrole nitrogens is 1. The highest BCUT2D eigenvalue weighted by molar-refractivity contribution is 6.31. The Morgan fingerprint density at radius 1 is 1.11 bits per heavy atom. The summed E-state index contributed by atoms with van der Waals surface area (Å²) in [5, 5.41) is 0.210. The summed E-state index contributed by atoms with van der Waals surface area (Å²) in [6, 6.07) is 6.66. The molecule has 1 fully saturated rings. The van der Waals surface area contributed by atoms with Gasteiger partial charge in [0.1, 0.15) is 25.1 Å². The van der Waals surface area contributed by atoms with Crippen molar-refractivity contribution in [1.82, 2.24) is 4.90 Å². The van der Waals surface area contributed by atoms with Crippen LogP contribution in [0.2, 0.25) is 5.02 Å². The fourth-order valence-corrected chi connectivity index (χ4v) is 3.18. The second kappa shape index (κ2) is 7.72. The predicted octanol–water partition coefficient (Wildman–Crippen LogP) is 3.20. The van der Waals surface area contributed by atoms with E-state index in [9.17, 15) is 22.4 Å². The molecule has 27 heavy (non-hydrogen) atoms. The highest BCUT2D eigenvalue weighted by atomic mass is 35.5. The van der Waals surface area contributed by atoms with Gasteiger partial charge in [0.2, 0.25) is 5.91 Å². The van der Waals surface area contributed by atoms with Gasteiger partial charge in [-0.25, -0.2) is 9.37 Å². The second-order valence-electron chi connectivity index (χ2n) is 6.21. The summed E-state index contributed by atoms with van der Waals surface area (Å²) in [7, 11) is 0. The maximum Gasteiger partial charge on any atom is 0.419 e. The fourth-order valence-electron chi connectivity index (χ4n) is 2.95. The van der Waals surface area contributed by atoms with Gasteiger partial charge in [0.15, 0.2) is 0 Å². The molecule has 0 radical (unpaired) electrons. The first-order valence-corrected chi connectivity index (χ1v) is 8.68. The first-order valence-electron chi connectivity index (χ1n) is 8.30. The van der Waals surface area contributed by atoms with Crippen LogP contribution in [0.4, 0.5) is 23.4 Å². The lowest BCUT2D eigenvalue weighted by Gasteiger charge is -2.31. The van der Waals surface area contributed by atoms with E-state index >= 15 is 0 Å². The van der Waals surface area contributed by atoms with E-state index < -0.39 is 17.6 Å². The topological polar surface area (TPSA) is 37.7 Å². The van der Waals surface area contributed by atoms with Crippen molar-refractivity contribution < 1.29 is 27.3 Å². The van der Waals surface area contributed by atoms with Crippen molar-refractivity contribution in [3.05, 3.63) is 58.5 Å². The third-order valence-electron chi connectivity index (χ3n) is 4.49. The van der Waals surface area contributed by atoms with Crippen molar-refractivity contribution in [3.63, 3.8) is 0 Å². The number of carbonyl (C=O) groups is 1. The van der Waals surface area contributed by atoms with Crippen molar-refractivity contribution >= 4 is 23.3 Å². The molecule has 1 aliphatic rings. The molecule has 0 saturated carbocycles. The second-order valence-corrected chi connectivity index (χ2v) is 6.61. The number of pyridine rings is 1. The molecular weight excluding hydrogens is 386 g/mol. The average Bonchev–Trinajstić information content (AvgIpc) is 2.64. The Balaban J connectivity index is 1.59. The quantitative estimate of drug-likeness (QED) is 0.739. The van der Waals surface area contributed by atoms with E-state index in [1.807, 2.05) is 4.90 Å². The van der Waals surface area contributed by atoms with Gasteiger partial charge in [-0.1, -0.05) is 17.7 Å². The molecule has 1 aromatic heterocycles. The van der Waals surface area contributed by atoms with E-state index in [-0.39, 0.29) is 22.9 Å². The smallest absolute Gasteiger partial charge is 0.335 e.